The molecule has 0 aliphatic rings. The number of furan rings is 4. The van der Waals surface area contributed by atoms with Gasteiger partial charge in [0.15, 0.2) is 0 Å². The van der Waals surface area contributed by atoms with Gasteiger partial charge >= 0.3 is 0 Å². The van der Waals surface area contributed by atoms with Crippen molar-refractivity contribution in [3.05, 3.63) is 441 Å². The van der Waals surface area contributed by atoms with E-state index in [9.17, 15) is 0 Å². The highest BCUT2D eigenvalue weighted by Gasteiger charge is 2.25. The predicted molar refractivity (Wildman–Crippen MR) is 536 cm³/mol. The van der Waals surface area contributed by atoms with Crippen molar-refractivity contribution in [2.24, 2.45) is 0 Å². The van der Waals surface area contributed by atoms with Crippen LogP contribution >= 0.6 is 23.2 Å². The third-order valence-electron chi connectivity index (χ3n) is 25.2. The molecular formula is C116H72Cl2N6O4. The molecular weight excluding hydrogens is 1610 g/mol. The third kappa shape index (κ3) is 12.3. The van der Waals surface area contributed by atoms with E-state index >= 15 is 0 Å². The lowest BCUT2D eigenvalue weighted by molar-refractivity contribution is 0.668. The molecule has 0 atom stereocenters. The topological polar surface area (TPSA) is 85.9 Å². The van der Waals surface area contributed by atoms with Gasteiger partial charge in [0.05, 0.1) is 33.1 Å². The molecule has 12 heteroatoms. The Morgan fingerprint density at radius 3 is 0.820 bits per heavy atom. The molecule has 604 valence electrons. The van der Waals surface area contributed by atoms with Gasteiger partial charge in [-0.05, 0) is 264 Å². The molecule has 10 nitrogen and oxygen atoms in total. The van der Waals surface area contributed by atoms with Crippen molar-refractivity contribution in [2.45, 2.75) is 0 Å². The van der Waals surface area contributed by atoms with Gasteiger partial charge in [-0.1, -0.05) is 187 Å². The van der Waals surface area contributed by atoms with Crippen LogP contribution in [0.15, 0.2) is 448 Å². The van der Waals surface area contributed by atoms with E-state index in [2.05, 4.69) is 393 Å². The van der Waals surface area contributed by atoms with Crippen LogP contribution in [0.25, 0.3) is 192 Å². The van der Waals surface area contributed by atoms with E-state index in [4.69, 9.17) is 40.9 Å². The van der Waals surface area contributed by atoms with Gasteiger partial charge in [0.2, 0.25) is 0 Å². The maximum absolute atomic E-state index is 6.82. The van der Waals surface area contributed by atoms with E-state index in [0.29, 0.717) is 10.0 Å². The average Bonchev–Trinajstić information content (AvgIpc) is 1.56. The number of benzene rings is 20. The molecule has 0 aliphatic carbocycles. The van der Waals surface area contributed by atoms with Gasteiger partial charge in [-0.15, -0.1) is 0 Å². The molecule has 0 spiro atoms. The lowest BCUT2D eigenvalue weighted by Gasteiger charge is -2.25. The molecule has 0 unspecified atom stereocenters. The Labute approximate surface area is 742 Å². The van der Waals surface area contributed by atoms with Gasteiger partial charge in [0.1, 0.15) is 44.7 Å². The number of halogens is 2. The average molecular weight is 1680 g/mol. The van der Waals surface area contributed by atoms with Crippen molar-refractivity contribution < 1.29 is 17.7 Å². The molecule has 7 heterocycles. The summed E-state index contributed by atoms with van der Waals surface area (Å²) in [6.07, 6.45) is 0. The fourth-order valence-corrected chi connectivity index (χ4v) is 20.0. The van der Waals surface area contributed by atoms with Crippen LogP contribution < -0.4 is 15.1 Å². The number of aromatic nitrogens is 3. The maximum atomic E-state index is 6.82. The first-order valence-electron chi connectivity index (χ1n) is 42.9. The van der Waals surface area contributed by atoms with Crippen LogP contribution in [0.4, 0.5) is 45.5 Å². The van der Waals surface area contributed by atoms with Gasteiger partial charge in [-0.2, -0.15) is 0 Å². The van der Waals surface area contributed by atoms with Gasteiger partial charge < -0.3 is 46.5 Å². The van der Waals surface area contributed by atoms with E-state index in [-0.39, 0.29) is 0 Å². The summed E-state index contributed by atoms with van der Waals surface area (Å²) < 4.78 is 32.7. The van der Waals surface area contributed by atoms with Crippen molar-refractivity contribution in [3.63, 3.8) is 0 Å². The van der Waals surface area contributed by atoms with Gasteiger partial charge in [0.25, 0.3) is 0 Å². The second-order valence-electron chi connectivity index (χ2n) is 32.5. The number of nitrogens with one attached hydrogen (secondary N) is 1. The highest BCUT2D eigenvalue weighted by Crippen LogP contribution is 2.49. The number of hydrogen-bond acceptors (Lipinski definition) is 7. The summed E-state index contributed by atoms with van der Waals surface area (Å²) in [6, 6.07) is 151. The van der Waals surface area contributed by atoms with Crippen LogP contribution in [-0.4, -0.2) is 13.7 Å². The third-order valence-corrected chi connectivity index (χ3v) is 25.6. The molecule has 128 heavy (non-hydrogen) atoms. The number of hydrogen-bond donors (Lipinski definition) is 1. The predicted octanol–water partition coefficient (Wildman–Crippen LogP) is 34.2. The summed E-state index contributed by atoms with van der Waals surface area (Å²) in [5.41, 5.74) is 25.7. The number of anilines is 8. The summed E-state index contributed by atoms with van der Waals surface area (Å²) in [4.78, 5) is 4.66. The summed E-state index contributed by atoms with van der Waals surface area (Å²) >= 11 is 12.2. The van der Waals surface area contributed by atoms with E-state index in [1.165, 1.54) is 60.1 Å². The van der Waals surface area contributed by atoms with Gasteiger partial charge in [-0.3, -0.25) is 0 Å². The Bertz CT molecular complexity index is 8660. The fourth-order valence-electron chi connectivity index (χ4n) is 19.7. The normalized spacial score (nSPS) is 11.8. The largest absolute Gasteiger partial charge is 0.456 e. The zero-order valence-electron chi connectivity index (χ0n) is 68.6. The first-order valence-corrected chi connectivity index (χ1v) is 43.6. The molecule has 27 aromatic rings. The first kappa shape index (κ1) is 74.2. The fraction of sp³-hybridized carbons (Fsp3) is 0. The van der Waals surface area contributed by atoms with Crippen molar-refractivity contribution in [1.29, 1.82) is 0 Å². The molecule has 0 radical (unpaired) electrons. The molecule has 0 fully saturated rings. The minimum Gasteiger partial charge on any atom is -0.456 e. The van der Waals surface area contributed by atoms with E-state index < -0.39 is 0 Å². The Morgan fingerprint density at radius 2 is 0.453 bits per heavy atom. The Morgan fingerprint density at radius 1 is 0.180 bits per heavy atom. The summed E-state index contributed by atoms with van der Waals surface area (Å²) in [6.45, 7) is 0. The Balaban J connectivity index is 0.000000137. The summed E-state index contributed by atoms with van der Waals surface area (Å²) in [5.74, 6) is 0. The van der Waals surface area contributed by atoms with Crippen molar-refractivity contribution in [2.75, 3.05) is 15.1 Å². The Hall–Kier alpha value is -16.5. The molecule has 1 N–H and O–H groups in total. The summed E-state index contributed by atoms with van der Waals surface area (Å²) in [5, 5.41) is 25.3. The van der Waals surface area contributed by atoms with Crippen LogP contribution in [0.5, 0.6) is 0 Å². The molecule has 0 aliphatic heterocycles. The van der Waals surface area contributed by atoms with Crippen LogP contribution in [0.2, 0.25) is 10.0 Å². The number of fused-ring (bicyclic) bond motifs is 27. The highest BCUT2D eigenvalue weighted by atomic mass is 35.5. The van der Waals surface area contributed by atoms with Crippen LogP contribution in [0.3, 0.4) is 0 Å². The van der Waals surface area contributed by atoms with E-state index in [0.717, 1.165) is 177 Å². The number of nitrogens with zero attached hydrogens (tertiary/aromatic N) is 5. The first-order chi connectivity index (χ1) is 63.3. The molecule has 0 saturated carbocycles. The van der Waals surface area contributed by atoms with Crippen LogP contribution in [0, 0.1) is 0 Å². The molecule has 27 rings (SSSR count). The Kier molecular flexibility index (Phi) is 17.5. The molecule has 0 bridgehead atoms. The van der Waals surface area contributed by atoms with Crippen molar-refractivity contribution in [1.82, 2.24) is 13.7 Å². The zero-order chi connectivity index (χ0) is 84.6. The minimum absolute atomic E-state index is 0.668. The van der Waals surface area contributed by atoms with Crippen molar-refractivity contribution >= 4 is 243 Å². The van der Waals surface area contributed by atoms with Crippen LogP contribution in [0.1, 0.15) is 0 Å². The van der Waals surface area contributed by atoms with Gasteiger partial charge in [-0.25, -0.2) is 0 Å². The lowest BCUT2D eigenvalue weighted by Crippen LogP contribution is -2.09. The quantitative estimate of drug-likeness (QED) is 0.138. The monoisotopic (exact) mass is 1680 g/mol. The van der Waals surface area contributed by atoms with Crippen LogP contribution in [-0.2, 0) is 0 Å². The molecule has 0 amide bonds. The van der Waals surface area contributed by atoms with Gasteiger partial charge in [0, 0.05) is 172 Å². The molecule has 20 aromatic carbocycles. The number of para-hydroxylation sites is 9. The van der Waals surface area contributed by atoms with E-state index in [1.54, 1.807) is 0 Å². The maximum Gasteiger partial charge on any atom is 0.137 e. The minimum atomic E-state index is 0.668. The standard InChI is InChI=1S/C70H44N4O2.C24H18N2.C22H10Cl2O2/c1-5-17-45(18-6-1)71(49-31-37-63-59(41-49)53-25-13-15-27-61(53)73(63)47-21-9-3-10-22-47)51-29-33-57-67(43-51)75-65-39-35-56-55(69(57)65)36-40-66-70(56)58-34-30-52(44-68(58)76-66)72(46-19-7-2-8-20-46)50-32-38-64-60(42-50)54-26-14-16-28-62(54)74(64)48-23-11-4-12-24-48;1-3-9-18(10-4-1)25-19-15-16-24-22(17-19)21-13-7-8-14-23(21)26(24)20-11-5-2-6-12-20;23-11-1-3-15-19(9-11)25-17-7-6-14-13(21(15)17)5-8-18-22(14)16-4-2-12(24)10-20(16)26-18/h1-44H;1-17,25H;1-10H. The number of rotatable bonds is 11. The smallest absolute Gasteiger partial charge is 0.137 e. The highest BCUT2D eigenvalue weighted by molar-refractivity contribution is 6.34. The lowest BCUT2D eigenvalue weighted by atomic mass is 9.99. The molecule has 7 aromatic heterocycles. The second-order valence-corrected chi connectivity index (χ2v) is 33.4. The van der Waals surface area contributed by atoms with E-state index in [1.807, 2.05) is 66.7 Å². The summed E-state index contributed by atoms with van der Waals surface area (Å²) in [7, 11) is 0. The zero-order valence-corrected chi connectivity index (χ0v) is 70.1. The van der Waals surface area contributed by atoms with Crippen molar-refractivity contribution in [3.8, 4) is 17.1 Å². The second kappa shape index (κ2) is 30.2. The molecule has 0 saturated heterocycles. The SMILES string of the molecule is Clc1ccc2c(c1)oc1ccc3c(ccc4oc5cc(Cl)ccc5c43)c12.c1ccc(N(c2ccc3c(c2)oc2ccc4c(ccc5oc6cc(N(c7ccccc7)c7ccc8c(c7)c7ccccc7n8-c7ccccc7)ccc6c54)c23)c2ccc3c(c2)c2ccccc2n3-c2ccccc2)cc1.c1ccc(Nc2ccc3c(c2)c2ccccc2n3-c2ccccc2)cc1.